The number of rotatable bonds is 7. The van der Waals surface area contributed by atoms with E-state index >= 15 is 0 Å². The molecule has 156 valence electrons. The summed E-state index contributed by atoms with van der Waals surface area (Å²) < 4.78 is 17.2. The number of hydrogen-bond acceptors (Lipinski definition) is 6. The van der Waals surface area contributed by atoms with Crippen LogP contribution in [0.15, 0.2) is 24.3 Å². The van der Waals surface area contributed by atoms with Gasteiger partial charge in [0.05, 0.1) is 19.5 Å². The van der Waals surface area contributed by atoms with Crippen LogP contribution in [0, 0.1) is 20.8 Å². The fourth-order valence-corrected chi connectivity index (χ4v) is 4.39. The smallest absolute Gasteiger partial charge is 1.00 e. The van der Waals surface area contributed by atoms with Crippen molar-refractivity contribution < 1.29 is 54.8 Å². The maximum atomic E-state index is 11.7. The molecule has 0 saturated carbocycles. The van der Waals surface area contributed by atoms with Crippen molar-refractivity contribution in [3.63, 3.8) is 0 Å². The van der Waals surface area contributed by atoms with Gasteiger partial charge in [0.15, 0.2) is 0 Å². The number of thioether (sulfide) groups is 1. The summed E-state index contributed by atoms with van der Waals surface area (Å²) in [6, 6.07) is 7.57. The van der Waals surface area contributed by atoms with E-state index in [4.69, 9.17) is 14.2 Å². The van der Waals surface area contributed by atoms with Gasteiger partial charge < -0.3 is 15.6 Å². The topological polar surface area (TPSA) is 73.9 Å². The van der Waals surface area contributed by atoms with Crippen molar-refractivity contribution in [1.82, 2.24) is 5.32 Å². The predicted molar refractivity (Wildman–Crippen MR) is 114 cm³/mol. The van der Waals surface area contributed by atoms with Crippen LogP contribution in [0.2, 0.25) is 0 Å². The first-order chi connectivity index (χ1) is 13.8. The summed E-state index contributed by atoms with van der Waals surface area (Å²) in [5, 5.41) is 1.65. The van der Waals surface area contributed by atoms with Gasteiger partial charge in [-0.3, -0.25) is 14.9 Å². The summed E-state index contributed by atoms with van der Waals surface area (Å²) in [5.41, 5.74) is 5.02. The Bertz CT molecular complexity index is 952. The fraction of sp³-hybridized carbons (Fsp3) is 0.364. The van der Waals surface area contributed by atoms with Crippen LogP contribution in [0.4, 0.5) is 4.79 Å². The van der Waals surface area contributed by atoms with Gasteiger partial charge >= 0.3 is 29.6 Å². The first kappa shape index (κ1) is 24.6. The van der Waals surface area contributed by atoms with E-state index in [1.165, 1.54) is 0 Å². The molecule has 1 saturated heterocycles. The summed E-state index contributed by atoms with van der Waals surface area (Å²) in [4.78, 5) is 23.0. The van der Waals surface area contributed by atoms with Gasteiger partial charge in [-0.25, -0.2) is 0 Å². The SMILES string of the molecule is COc1c(C)c(C)c(OC)c(COc2ccc(CC3SC(=O)NC3=O)cc2)c1C.[H-].[Na+]. The van der Waals surface area contributed by atoms with E-state index in [1.54, 1.807) is 14.2 Å². The quantitative estimate of drug-likeness (QED) is 0.654. The molecular formula is C22H26NNaO5S. The van der Waals surface area contributed by atoms with Crippen LogP contribution >= 0.6 is 11.8 Å². The molecule has 1 aliphatic heterocycles. The van der Waals surface area contributed by atoms with Gasteiger partial charge in [0.2, 0.25) is 5.91 Å². The average Bonchev–Trinajstić information content (AvgIpc) is 3.02. The normalized spacial score (nSPS) is 15.4. The Labute approximate surface area is 204 Å². The maximum Gasteiger partial charge on any atom is 1.00 e. The Morgan fingerprint density at radius 2 is 1.57 bits per heavy atom. The van der Waals surface area contributed by atoms with Gasteiger partial charge in [-0.1, -0.05) is 23.9 Å². The van der Waals surface area contributed by atoms with E-state index in [-0.39, 0.29) is 47.4 Å². The van der Waals surface area contributed by atoms with Crippen LogP contribution in [0.5, 0.6) is 17.2 Å². The molecule has 1 heterocycles. The van der Waals surface area contributed by atoms with Crippen LogP contribution in [0.1, 0.15) is 29.2 Å². The van der Waals surface area contributed by atoms with E-state index in [9.17, 15) is 9.59 Å². The van der Waals surface area contributed by atoms with E-state index in [1.807, 2.05) is 45.0 Å². The van der Waals surface area contributed by atoms with Crippen molar-refractivity contribution >= 4 is 22.9 Å². The molecule has 8 heteroatoms. The Kier molecular flexibility index (Phi) is 8.67. The zero-order valence-electron chi connectivity index (χ0n) is 19.3. The number of benzene rings is 2. The largest absolute Gasteiger partial charge is 1.00 e. The first-order valence-electron chi connectivity index (χ1n) is 9.29. The average molecular weight is 440 g/mol. The second kappa shape index (κ2) is 10.6. The molecule has 30 heavy (non-hydrogen) atoms. The van der Waals surface area contributed by atoms with Crippen molar-refractivity contribution in [2.24, 2.45) is 0 Å². The second-order valence-corrected chi connectivity index (χ2v) is 8.12. The van der Waals surface area contributed by atoms with E-state index in [0.29, 0.717) is 18.8 Å². The zero-order valence-corrected chi connectivity index (χ0v) is 21.1. The molecule has 2 aromatic rings. The molecule has 1 aliphatic rings. The molecule has 0 radical (unpaired) electrons. The third-order valence-electron chi connectivity index (χ3n) is 5.21. The number of methoxy groups -OCH3 is 2. The standard InChI is InChI=1S/C22H25NO5S.Na.H/c1-12-13(2)20(27-5)17(14(3)19(12)26-4)11-28-16-8-6-15(7-9-16)10-18-21(24)23-22(25)29-18;;/h6-9,18H,10-11H2,1-5H3,(H,23,24,25);;/q;+1;-1. The van der Waals surface area contributed by atoms with Gasteiger partial charge in [-0.15, -0.1) is 0 Å². The third kappa shape index (κ3) is 5.14. The van der Waals surface area contributed by atoms with Gasteiger partial charge in [-0.2, -0.15) is 0 Å². The summed E-state index contributed by atoms with van der Waals surface area (Å²) in [6.07, 6.45) is 0.504. The molecule has 1 fully saturated rings. The van der Waals surface area contributed by atoms with Gasteiger partial charge in [0.1, 0.15) is 23.9 Å². The number of ether oxygens (including phenoxy) is 3. The molecule has 1 unspecified atom stereocenters. The molecule has 1 N–H and O–H groups in total. The molecular weight excluding hydrogens is 413 g/mol. The molecule has 0 bridgehead atoms. The van der Waals surface area contributed by atoms with Crippen LogP contribution < -0.4 is 49.1 Å². The van der Waals surface area contributed by atoms with Crippen LogP contribution in [-0.4, -0.2) is 30.6 Å². The number of nitrogens with one attached hydrogen (secondary N) is 1. The van der Waals surface area contributed by atoms with Crippen molar-refractivity contribution in [2.45, 2.75) is 39.0 Å². The minimum atomic E-state index is -0.371. The third-order valence-corrected chi connectivity index (χ3v) is 6.20. The first-order valence-corrected chi connectivity index (χ1v) is 10.2. The Morgan fingerprint density at radius 3 is 2.10 bits per heavy atom. The predicted octanol–water partition coefficient (Wildman–Crippen LogP) is 1.22. The summed E-state index contributed by atoms with van der Waals surface area (Å²) >= 11 is 1.04. The molecule has 0 spiro atoms. The summed E-state index contributed by atoms with van der Waals surface area (Å²) in [6.45, 7) is 6.38. The van der Waals surface area contributed by atoms with Crippen molar-refractivity contribution in [2.75, 3.05) is 14.2 Å². The van der Waals surface area contributed by atoms with Gasteiger partial charge in [0, 0.05) is 11.1 Å². The number of amides is 2. The molecule has 6 nitrogen and oxygen atoms in total. The Morgan fingerprint density at radius 1 is 0.967 bits per heavy atom. The van der Waals surface area contributed by atoms with E-state index in [2.05, 4.69) is 5.32 Å². The molecule has 0 aromatic heterocycles. The number of carbonyl (C=O) groups excluding carboxylic acids is 2. The molecule has 2 aromatic carbocycles. The van der Waals surface area contributed by atoms with Gasteiger partial charge in [0.25, 0.3) is 5.24 Å². The summed E-state index contributed by atoms with van der Waals surface area (Å²) in [5.74, 6) is 2.14. The monoisotopic (exact) mass is 439 g/mol. The van der Waals surface area contributed by atoms with Crippen molar-refractivity contribution in [3.8, 4) is 17.2 Å². The molecule has 3 rings (SSSR count). The second-order valence-electron chi connectivity index (χ2n) is 6.94. The van der Waals surface area contributed by atoms with Gasteiger partial charge in [-0.05, 0) is 56.0 Å². The van der Waals surface area contributed by atoms with Crippen LogP contribution in [0.3, 0.4) is 0 Å². The minimum Gasteiger partial charge on any atom is -1.00 e. The molecule has 0 aliphatic carbocycles. The van der Waals surface area contributed by atoms with E-state index in [0.717, 1.165) is 51.1 Å². The minimum absolute atomic E-state index is 0. The van der Waals surface area contributed by atoms with E-state index < -0.39 is 0 Å². The fourth-order valence-electron chi connectivity index (χ4n) is 3.53. The van der Waals surface area contributed by atoms with Crippen LogP contribution in [0.25, 0.3) is 0 Å². The molecule has 1 atom stereocenters. The van der Waals surface area contributed by atoms with Crippen molar-refractivity contribution in [1.29, 1.82) is 0 Å². The molecule has 2 amide bonds. The van der Waals surface area contributed by atoms with Crippen LogP contribution in [-0.2, 0) is 17.8 Å². The zero-order chi connectivity index (χ0) is 21.1. The number of carbonyl (C=O) groups is 2. The Hall–Kier alpha value is -1.67. The number of hydrogen-bond donors (Lipinski definition) is 1. The Balaban J connectivity index is 0.00000240. The summed E-state index contributed by atoms with van der Waals surface area (Å²) in [7, 11) is 3.33. The number of imide groups is 1. The van der Waals surface area contributed by atoms with Crippen molar-refractivity contribution in [3.05, 3.63) is 52.1 Å². The maximum absolute atomic E-state index is 11.7.